The number of halogens is 1. The molecule has 1 N–H and O–H groups in total. The number of nitrogens with zero attached hydrogens (tertiary/aromatic N) is 3. The number of aromatic nitrogens is 3. The van der Waals surface area contributed by atoms with Gasteiger partial charge in [-0.25, -0.2) is 4.52 Å². The van der Waals surface area contributed by atoms with Crippen molar-refractivity contribution in [2.75, 3.05) is 5.32 Å². The average Bonchev–Trinajstić information content (AvgIpc) is 2.84. The van der Waals surface area contributed by atoms with Gasteiger partial charge in [0, 0.05) is 6.20 Å². The Morgan fingerprint density at radius 2 is 1.95 bits per heavy atom. The number of hydrogen-bond donors (Lipinski definition) is 1. The summed E-state index contributed by atoms with van der Waals surface area (Å²) >= 11 is 3.47. The lowest BCUT2D eigenvalue weighted by Gasteiger charge is -2.11. The molecule has 0 bridgehead atoms. The fraction of sp³-hybridized carbons (Fsp3) is 0.143. The van der Waals surface area contributed by atoms with Crippen LogP contribution in [0.2, 0.25) is 0 Å². The van der Waals surface area contributed by atoms with Gasteiger partial charge in [-0.3, -0.25) is 0 Å². The minimum atomic E-state index is 0.164. The van der Waals surface area contributed by atoms with E-state index in [1.807, 2.05) is 36.5 Å². The molecule has 0 fully saturated rings. The third-order valence-electron chi connectivity index (χ3n) is 2.96. The zero-order chi connectivity index (χ0) is 13.2. The van der Waals surface area contributed by atoms with Gasteiger partial charge >= 0.3 is 0 Å². The Bertz CT molecular complexity index is 693. The van der Waals surface area contributed by atoms with Gasteiger partial charge in [0.25, 0.3) is 0 Å². The smallest absolute Gasteiger partial charge is 0.243 e. The molecule has 3 aromatic rings. The van der Waals surface area contributed by atoms with Crippen LogP contribution in [0.25, 0.3) is 5.65 Å². The monoisotopic (exact) mass is 316 g/mol. The number of anilines is 1. The average molecular weight is 317 g/mol. The molecule has 96 valence electrons. The maximum Gasteiger partial charge on any atom is 0.243 e. The largest absolute Gasteiger partial charge is 0.346 e. The maximum absolute atomic E-state index is 4.47. The first kappa shape index (κ1) is 12.2. The number of benzene rings is 1. The fourth-order valence-electron chi connectivity index (χ4n) is 1.95. The Balaban J connectivity index is 1.88. The van der Waals surface area contributed by atoms with Crippen LogP contribution in [0.4, 0.5) is 5.95 Å². The van der Waals surface area contributed by atoms with E-state index in [0.717, 1.165) is 10.1 Å². The minimum absolute atomic E-state index is 0.164. The summed E-state index contributed by atoms with van der Waals surface area (Å²) in [5.41, 5.74) is 2.02. The van der Waals surface area contributed by atoms with Crippen molar-refractivity contribution in [3.63, 3.8) is 0 Å². The molecule has 5 heteroatoms. The molecule has 0 aliphatic heterocycles. The molecule has 1 aromatic carbocycles. The lowest BCUT2D eigenvalue weighted by atomic mass is 10.1. The van der Waals surface area contributed by atoms with Gasteiger partial charge in [-0.2, -0.15) is 4.98 Å². The molecule has 0 spiro atoms. The summed E-state index contributed by atoms with van der Waals surface area (Å²) in [6.07, 6.45) is 1.88. The van der Waals surface area contributed by atoms with Crippen LogP contribution in [0, 0.1) is 0 Å². The van der Waals surface area contributed by atoms with Crippen LogP contribution < -0.4 is 5.32 Å². The fourth-order valence-corrected chi connectivity index (χ4v) is 2.38. The second kappa shape index (κ2) is 5.01. The van der Waals surface area contributed by atoms with Gasteiger partial charge in [0.05, 0.1) is 10.5 Å². The van der Waals surface area contributed by atoms with Gasteiger partial charge in [-0.15, -0.1) is 5.10 Å². The molecule has 0 saturated carbocycles. The molecule has 0 amide bonds. The van der Waals surface area contributed by atoms with Crippen molar-refractivity contribution in [1.82, 2.24) is 14.6 Å². The van der Waals surface area contributed by atoms with E-state index in [1.165, 1.54) is 5.56 Å². The highest BCUT2D eigenvalue weighted by Crippen LogP contribution is 2.20. The van der Waals surface area contributed by atoms with E-state index in [4.69, 9.17) is 0 Å². The number of rotatable bonds is 3. The second-order valence-electron chi connectivity index (χ2n) is 4.34. The van der Waals surface area contributed by atoms with Crippen molar-refractivity contribution < 1.29 is 0 Å². The summed E-state index contributed by atoms with van der Waals surface area (Å²) in [5.74, 6) is 0.628. The Kier molecular flexibility index (Phi) is 3.21. The number of fused-ring (bicyclic) bond motifs is 1. The topological polar surface area (TPSA) is 42.2 Å². The van der Waals surface area contributed by atoms with Crippen molar-refractivity contribution in [2.45, 2.75) is 13.0 Å². The SMILES string of the molecule is CC(Nc1nc2c(Br)cccn2n1)c1ccccc1. The summed E-state index contributed by atoms with van der Waals surface area (Å²) in [6.45, 7) is 2.09. The van der Waals surface area contributed by atoms with Crippen LogP contribution in [-0.2, 0) is 0 Å². The van der Waals surface area contributed by atoms with E-state index in [2.05, 4.69) is 50.4 Å². The highest BCUT2D eigenvalue weighted by atomic mass is 79.9. The van der Waals surface area contributed by atoms with Crippen LogP contribution in [0.15, 0.2) is 53.1 Å². The van der Waals surface area contributed by atoms with Crippen LogP contribution in [0.1, 0.15) is 18.5 Å². The predicted molar refractivity (Wildman–Crippen MR) is 79.2 cm³/mol. The zero-order valence-electron chi connectivity index (χ0n) is 10.4. The molecule has 4 nitrogen and oxygen atoms in total. The third-order valence-corrected chi connectivity index (χ3v) is 3.58. The van der Waals surface area contributed by atoms with Gasteiger partial charge < -0.3 is 5.32 Å². The first-order valence-corrected chi connectivity index (χ1v) is 6.86. The molecular formula is C14H13BrN4. The quantitative estimate of drug-likeness (QED) is 0.801. The molecular weight excluding hydrogens is 304 g/mol. The van der Waals surface area contributed by atoms with Crippen molar-refractivity contribution in [3.05, 3.63) is 58.7 Å². The molecule has 1 unspecified atom stereocenters. The van der Waals surface area contributed by atoms with Gasteiger partial charge in [0.15, 0.2) is 5.65 Å². The Labute approximate surface area is 119 Å². The molecule has 0 aliphatic rings. The first-order valence-electron chi connectivity index (χ1n) is 6.06. The van der Waals surface area contributed by atoms with Crippen molar-refractivity contribution >= 4 is 27.5 Å². The minimum Gasteiger partial charge on any atom is -0.346 e. The summed E-state index contributed by atoms with van der Waals surface area (Å²) in [5, 5.41) is 7.71. The van der Waals surface area contributed by atoms with Gasteiger partial charge in [-0.05, 0) is 40.5 Å². The van der Waals surface area contributed by atoms with E-state index >= 15 is 0 Å². The summed E-state index contributed by atoms with van der Waals surface area (Å²) in [4.78, 5) is 4.47. The van der Waals surface area contributed by atoms with Crippen molar-refractivity contribution in [2.24, 2.45) is 0 Å². The molecule has 2 aromatic heterocycles. The van der Waals surface area contributed by atoms with Crippen molar-refractivity contribution in [1.29, 1.82) is 0 Å². The molecule has 1 atom stereocenters. The van der Waals surface area contributed by atoms with Gasteiger partial charge in [-0.1, -0.05) is 30.3 Å². The lowest BCUT2D eigenvalue weighted by Crippen LogP contribution is -2.07. The molecule has 2 heterocycles. The van der Waals surface area contributed by atoms with E-state index in [1.54, 1.807) is 4.52 Å². The Morgan fingerprint density at radius 3 is 2.68 bits per heavy atom. The second-order valence-corrected chi connectivity index (χ2v) is 5.19. The van der Waals surface area contributed by atoms with Crippen molar-refractivity contribution in [3.8, 4) is 0 Å². The Morgan fingerprint density at radius 1 is 1.16 bits per heavy atom. The molecule has 0 radical (unpaired) electrons. The van der Waals surface area contributed by atoms with Gasteiger partial charge in [0.1, 0.15) is 0 Å². The van der Waals surface area contributed by atoms with Crippen LogP contribution in [-0.4, -0.2) is 14.6 Å². The maximum atomic E-state index is 4.47. The van der Waals surface area contributed by atoms with Crippen LogP contribution >= 0.6 is 15.9 Å². The molecule has 0 aliphatic carbocycles. The molecule has 19 heavy (non-hydrogen) atoms. The van der Waals surface area contributed by atoms with Gasteiger partial charge in [0.2, 0.25) is 5.95 Å². The summed E-state index contributed by atoms with van der Waals surface area (Å²) in [6, 6.07) is 14.3. The summed E-state index contributed by atoms with van der Waals surface area (Å²) < 4.78 is 2.69. The lowest BCUT2D eigenvalue weighted by molar-refractivity contribution is 0.853. The predicted octanol–water partition coefficient (Wildman–Crippen LogP) is 3.66. The van der Waals surface area contributed by atoms with Crippen LogP contribution in [0.3, 0.4) is 0 Å². The summed E-state index contributed by atoms with van der Waals surface area (Å²) in [7, 11) is 0. The third kappa shape index (κ3) is 2.46. The molecule has 3 rings (SSSR count). The highest BCUT2D eigenvalue weighted by Gasteiger charge is 2.10. The van der Waals surface area contributed by atoms with E-state index in [-0.39, 0.29) is 6.04 Å². The first-order chi connectivity index (χ1) is 9.24. The molecule has 0 saturated heterocycles. The number of hydrogen-bond acceptors (Lipinski definition) is 3. The Hall–Kier alpha value is -1.88. The van der Waals surface area contributed by atoms with E-state index in [0.29, 0.717) is 5.95 Å². The normalized spacial score (nSPS) is 12.5. The number of nitrogens with one attached hydrogen (secondary N) is 1. The standard InChI is InChI=1S/C14H13BrN4/c1-10(11-6-3-2-4-7-11)16-14-17-13-12(15)8-5-9-19(13)18-14/h2-10H,1H3,(H,16,18). The van der Waals surface area contributed by atoms with E-state index in [9.17, 15) is 0 Å². The zero-order valence-corrected chi connectivity index (χ0v) is 12.0. The number of pyridine rings is 1. The van der Waals surface area contributed by atoms with E-state index < -0.39 is 0 Å². The van der Waals surface area contributed by atoms with Crippen LogP contribution in [0.5, 0.6) is 0 Å². The highest BCUT2D eigenvalue weighted by molar-refractivity contribution is 9.10.